The van der Waals surface area contributed by atoms with Gasteiger partial charge >= 0.3 is 0 Å². The van der Waals surface area contributed by atoms with E-state index in [1.807, 2.05) is 43.3 Å². The molecule has 2 N–H and O–H groups in total. The summed E-state index contributed by atoms with van der Waals surface area (Å²) in [5.74, 6) is 1.28. The number of hydrogen-bond donors (Lipinski definition) is 1. The highest BCUT2D eigenvalue weighted by molar-refractivity contribution is 5.47. The second-order valence-electron chi connectivity index (χ2n) is 4.06. The molecular weight excluding hydrogens is 224 g/mol. The maximum absolute atomic E-state index is 9.02. The van der Waals surface area contributed by atoms with Gasteiger partial charge in [0.05, 0.1) is 5.56 Å². The first kappa shape index (κ1) is 12.2. The van der Waals surface area contributed by atoms with Gasteiger partial charge in [-0.2, -0.15) is 5.26 Å². The zero-order valence-electron chi connectivity index (χ0n) is 10.2. The van der Waals surface area contributed by atoms with Gasteiger partial charge in [-0.3, -0.25) is 0 Å². The van der Waals surface area contributed by atoms with Gasteiger partial charge in [0, 0.05) is 6.54 Å². The van der Waals surface area contributed by atoms with E-state index in [-0.39, 0.29) is 0 Å². The Balaban J connectivity index is 2.27. The van der Waals surface area contributed by atoms with Gasteiger partial charge in [-0.15, -0.1) is 0 Å². The number of ether oxygens (including phenoxy) is 1. The van der Waals surface area contributed by atoms with Crippen LogP contribution in [0.5, 0.6) is 11.5 Å². The van der Waals surface area contributed by atoms with Gasteiger partial charge in [-0.25, -0.2) is 0 Å². The van der Waals surface area contributed by atoms with Crippen LogP contribution in [-0.4, -0.2) is 0 Å². The van der Waals surface area contributed by atoms with Gasteiger partial charge < -0.3 is 10.5 Å². The van der Waals surface area contributed by atoms with Crippen molar-refractivity contribution in [3.05, 3.63) is 59.2 Å². The lowest BCUT2D eigenvalue weighted by atomic mass is 10.1. The molecule has 3 heteroatoms. The molecule has 18 heavy (non-hydrogen) atoms. The van der Waals surface area contributed by atoms with Gasteiger partial charge in [-0.05, 0) is 42.3 Å². The first-order chi connectivity index (χ1) is 8.72. The molecule has 2 aromatic rings. The molecule has 2 rings (SSSR count). The maximum Gasteiger partial charge on any atom is 0.145 e. The molecule has 0 bridgehead atoms. The molecule has 0 saturated carbocycles. The van der Waals surface area contributed by atoms with E-state index < -0.39 is 0 Å². The lowest BCUT2D eigenvalue weighted by molar-refractivity contribution is 0.480. The molecule has 0 fully saturated rings. The third-order valence-electron chi connectivity index (χ3n) is 2.64. The lowest BCUT2D eigenvalue weighted by Gasteiger charge is -2.08. The fourth-order valence-corrected chi connectivity index (χ4v) is 1.63. The molecule has 0 amide bonds. The Labute approximate surface area is 106 Å². The van der Waals surface area contributed by atoms with Crippen LogP contribution < -0.4 is 10.5 Å². The predicted octanol–water partition coefficient (Wildman–Crippen LogP) is 3.12. The topological polar surface area (TPSA) is 59.0 Å². The highest BCUT2D eigenvalue weighted by Gasteiger charge is 2.04. The SMILES string of the molecule is Cc1ccc(C#N)c(Oc2ccc(CN)cc2)c1. The van der Waals surface area contributed by atoms with E-state index in [0.717, 1.165) is 11.1 Å². The second kappa shape index (κ2) is 5.35. The molecule has 0 heterocycles. The van der Waals surface area contributed by atoms with Crippen molar-refractivity contribution >= 4 is 0 Å². The Morgan fingerprint density at radius 2 is 1.89 bits per heavy atom. The van der Waals surface area contributed by atoms with Crippen LogP contribution >= 0.6 is 0 Å². The van der Waals surface area contributed by atoms with Crippen LogP contribution in [0.25, 0.3) is 0 Å². The molecule has 90 valence electrons. The van der Waals surface area contributed by atoms with Gasteiger partial charge in [0.15, 0.2) is 0 Å². The summed E-state index contributed by atoms with van der Waals surface area (Å²) in [4.78, 5) is 0. The summed E-state index contributed by atoms with van der Waals surface area (Å²) >= 11 is 0. The molecule has 0 spiro atoms. The quantitative estimate of drug-likeness (QED) is 0.893. The Bertz CT molecular complexity index is 582. The van der Waals surface area contributed by atoms with Crippen molar-refractivity contribution in [2.75, 3.05) is 0 Å². The largest absolute Gasteiger partial charge is 0.456 e. The summed E-state index contributed by atoms with van der Waals surface area (Å²) in [5.41, 5.74) is 8.17. The summed E-state index contributed by atoms with van der Waals surface area (Å²) < 4.78 is 5.72. The molecule has 0 unspecified atom stereocenters. The lowest BCUT2D eigenvalue weighted by Crippen LogP contribution is -1.95. The average molecular weight is 238 g/mol. The summed E-state index contributed by atoms with van der Waals surface area (Å²) in [6, 6.07) is 15.2. The first-order valence-electron chi connectivity index (χ1n) is 5.70. The molecule has 0 aliphatic rings. The van der Waals surface area contributed by atoms with Crippen molar-refractivity contribution in [2.45, 2.75) is 13.5 Å². The fourth-order valence-electron chi connectivity index (χ4n) is 1.63. The van der Waals surface area contributed by atoms with Gasteiger partial charge in [-0.1, -0.05) is 18.2 Å². The van der Waals surface area contributed by atoms with Crippen molar-refractivity contribution < 1.29 is 4.74 Å². The van der Waals surface area contributed by atoms with Crippen molar-refractivity contribution in [3.8, 4) is 17.6 Å². The zero-order chi connectivity index (χ0) is 13.0. The molecule has 0 saturated heterocycles. The number of nitrogens with two attached hydrogens (primary N) is 1. The monoisotopic (exact) mass is 238 g/mol. The van der Waals surface area contributed by atoms with Crippen molar-refractivity contribution in [1.29, 1.82) is 5.26 Å². The average Bonchev–Trinajstić information content (AvgIpc) is 2.40. The highest BCUT2D eigenvalue weighted by Crippen LogP contribution is 2.26. The minimum Gasteiger partial charge on any atom is -0.456 e. The molecule has 0 aliphatic heterocycles. The molecule has 2 aromatic carbocycles. The smallest absolute Gasteiger partial charge is 0.145 e. The zero-order valence-corrected chi connectivity index (χ0v) is 10.2. The van der Waals surface area contributed by atoms with Crippen LogP contribution in [0.3, 0.4) is 0 Å². The van der Waals surface area contributed by atoms with Crippen molar-refractivity contribution in [2.24, 2.45) is 5.73 Å². The van der Waals surface area contributed by atoms with Gasteiger partial charge in [0.2, 0.25) is 0 Å². The molecule has 3 nitrogen and oxygen atoms in total. The fraction of sp³-hybridized carbons (Fsp3) is 0.133. The summed E-state index contributed by atoms with van der Waals surface area (Å²) in [6.45, 7) is 2.47. The summed E-state index contributed by atoms with van der Waals surface area (Å²) in [6.07, 6.45) is 0. The Morgan fingerprint density at radius 3 is 2.50 bits per heavy atom. The number of nitrogens with zero attached hydrogens (tertiary/aromatic N) is 1. The predicted molar refractivity (Wildman–Crippen MR) is 70.3 cm³/mol. The van der Waals surface area contributed by atoms with Crippen molar-refractivity contribution in [3.63, 3.8) is 0 Å². The Hall–Kier alpha value is -2.31. The van der Waals surface area contributed by atoms with Crippen LogP contribution in [0, 0.1) is 18.3 Å². The molecule has 0 atom stereocenters. The molecular formula is C15H14N2O. The van der Waals surface area contributed by atoms with Crippen LogP contribution in [0.4, 0.5) is 0 Å². The maximum atomic E-state index is 9.02. The normalized spacial score (nSPS) is 9.83. The number of rotatable bonds is 3. The standard InChI is InChI=1S/C15H14N2O/c1-11-2-5-13(10-17)15(8-11)18-14-6-3-12(9-16)4-7-14/h2-8H,9,16H2,1H3. The Kier molecular flexibility index (Phi) is 3.61. The van der Waals surface area contributed by atoms with E-state index >= 15 is 0 Å². The van der Waals surface area contributed by atoms with Crippen LogP contribution in [0.1, 0.15) is 16.7 Å². The van der Waals surface area contributed by atoms with E-state index in [1.54, 1.807) is 6.07 Å². The van der Waals surface area contributed by atoms with E-state index in [1.165, 1.54) is 0 Å². The minimum absolute atomic E-state index is 0.508. The molecule has 0 aliphatic carbocycles. The summed E-state index contributed by atoms with van der Waals surface area (Å²) in [7, 11) is 0. The number of benzene rings is 2. The first-order valence-corrected chi connectivity index (χ1v) is 5.70. The number of hydrogen-bond acceptors (Lipinski definition) is 3. The third-order valence-corrected chi connectivity index (χ3v) is 2.64. The molecule has 0 aromatic heterocycles. The van der Waals surface area contributed by atoms with E-state index in [0.29, 0.717) is 23.6 Å². The second-order valence-corrected chi connectivity index (χ2v) is 4.06. The van der Waals surface area contributed by atoms with Crippen LogP contribution in [0.2, 0.25) is 0 Å². The van der Waals surface area contributed by atoms with E-state index in [2.05, 4.69) is 6.07 Å². The highest BCUT2D eigenvalue weighted by atomic mass is 16.5. The van der Waals surface area contributed by atoms with Gasteiger partial charge in [0.1, 0.15) is 17.6 Å². The van der Waals surface area contributed by atoms with E-state index in [4.69, 9.17) is 15.7 Å². The number of nitriles is 1. The van der Waals surface area contributed by atoms with Crippen molar-refractivity contribution in [1.82, 2.24) is 0 Å². The minimum atomic E-state index is 0.508. The third kappa shape index (κ3) is 2.68. The summed E-state index contributed by atoms with van der Waals surface area (Å²) in [5, 5.41) is 9.02. The number of aryl methyl sites for hydroxylation is 1. The van der Waals surface area contributed by atoms with Gasteiger partial charge in [0.25, 0.3) is 0 Å². The van der Waals surface area contributed by atoms with Crippen LogP contribution in [0.15, 0.2) is 42.5 Å². The van der Waals surface area contributed by atoms with E-state index in [9.17, 15) is 0 Å². The molecule has 0 radical (unpaired) electrons. The Morgan fingerprint density at radius 1 is 1.17 bits per heavy atom. The van der Waals surface area contributed by atoms with Crippen LogP contribution in [-0.2, 0) is 6.54 Å².